The van der Waals surface area contributed by atoms with Gasteiger partial charge in [-0.3, -0.25) is 9.59 Å². The Morgan fingerprint density at radius 3 is 2.11 bits per heavy atom. The number of amides is 3. The van der Waals surface area contributed by atoms with Crippen molar-refractivity contribution in [3.63, 3.8) is 0 Å². The van der Waals surface area contributed by atoms with E-state index < -0.39 is 30.8 Å². The molecule has 0 bridgehead atoms. The average molecular weight is 509 g/mol. The monoisotopic (exact) mass is 509 g/mol. The molecule has 1 aliphatic carbocycles. The molecular formula is C24H26F3N3O6. The molecule has 0 aliphatic heterocycles. The fourth-order valence-electron chi connectivity index (χ4n) is 3.78. The van der Waals surface area contributed by atoms with Crippen molar-refractivity contribution in [3.05, 3.63) is 54.1 Å². The molecular weight excluding hydrogens is 483 g/mol. The maximum absolute atomic E-state index is 12.2. The molecule has 3 N–H and O–H groups in total. The molecule has 0 atom stereocenters. The number of hydrogen-bond donors (Lipinski definition) is 3. The van der Waals surface area contributed by atoms with Crippen LogP contribution in [-0.2, 0) is 4.79 Å². The predicted molar refractivity (Wildman–Crippen MR) is 123 cm³/mol. The largest absolute Gasteiger partial charge is 0.573 e. The molecule has 0 spiro atoms. The third-order valence-corrected chi connectivity index (χ3v) is 5.48. The van der Waals surface area contributed by atoms with E-state index in [0.29, 0.717) is 42.7 Å². The Balaban J connectivity index is 1.41. The molecule has 2 aromatic carbocycles. The average Bonchev–Trinajstić information content (AvgIpc) is 2.80. The number of carbonyl (C=O) groups excluding carboxylic acids is 2. The number of alkyl halides is 3. The van der Waals surface area contributed by atoms with Gasteiger partial charge in [-0.15, -0.1) is 13.2 Å². The highest BCUT2D eigenvalue weighted by atomic mass is 19.4. The van der Waals surface area contributed by atoms with Gasteiger partial charge < -0.3 is 30.1 Å². The Hall–Kier alpha value is -3.96. The van der Waals surface area contributed by atoms with Crippen LogP contribution in [0.5, 0.6) is 11.5 Å². The lowest BCUT2D eigenvalue weighted by Gasteiger charge is -2.29. The van der Waals surface area contributed by atoms with Crippen LogP contribution in [0.2, 0.25) is 0 Å². The van der Waals surface area contributed by atoms with Crippen LogP contribution in [0, 0.1) is 0 Å². The summed E-state index contributed by atoms with van der Waals surface area (Å²) in [6.45, 7) is -0.393. The van der Waals surface area contributed by atoms with Crippen molar-refractivity contribution in [2.24, 2.45) is 0 Å². The van der Waals surface area contributed by atoms with Crippen molar-refractivity contribution < 1.29 is 42.1 Å². The number of ether oxygens (including phenoxy) is 2. The highest BCUT2D eigenvalue weighted by Crippen LogP contribution is 2.26. The third kappa shape index (κ3) is 8.36. The second-order valence-electron chi connectivity index (χ2n) is 8.34. The first-order chi connectivity index (χ1) is 17.0. The third-order valence-electron chi connectivity index (χ3n) is 5.48. The van der Waals surface area contributed by atoms with E-state index in [1.807, 2.05) is 0 Å². The number of nitrogens with zero attached hydrogens (tertiary/aromatic N) is 1. The number of benzene rings is 2. The van der Waals surface area contributed by atoms with Gasteiger partial charge in [0.15, 0.2) is 0 Å². The van der Waals surface area contributed by atoms with Crippen LogP contribution in [0.1, 0.15) is 36.0 Å². The number of nitrogens with one attached hydrogen (secondary N) is 2. The minimum absolute atomic E-state index is 0.0662. The van der Waals surface area contributed by atoms with Gasteiger partial charge in [0, 0.05) is 24.3 Å². The van der Waals surface area contributed by atoms with E-state index in [1.165, 1.54) is 19.2 Å². The summed E-state index contributed by atoms with van der Waals surface area (Å²) in [4.78, 5) is 36.3. The fraction of sp³-hybridized carbons (Fsp3) is 0.375. The number of rotatable bonds is 8. The molecule has 3 amide bonds. The van der Waals surface area contributed by atoms with Gasteiger partial charge in [0.2, 0.25) is 0 Å². The molecule has 0 radical (unpaired) electrons. The number of likely N-dealkylation sites (N-methyl/N-ethyl adjacent to an activating group) is 1. The summed E-state index contributed by atoms with van der Waals surface area (Å²) < 4.78 is 46.4. The normalized spacial score (nSPS) is 17.6. The molecule has 0 unspecified atom stereocenters. The van der Waals surface area contributed by atoms with E-state index in [9.17, 15) is 27.6 Å². The van der Waals surface area contributed by atoms with Gasteiger partial charge in [-0.1, -0.05) is 0 Å². The second kappa shape index (κ2) is 11.6. The van der Waals surface area contributed by atoms with Crippen molar-refractivity contribution in [2.75, 3.05) is 18.9 Å². The van der Waals surface area contributed by atoms with Crippen LogP contribution in [0.3, 0.4) is 0 Å². The second-order valence-corrected chi connectivity index (χ2v) is 8.34. The first kappa shape index (κ1) is 26.6. The maximum Gasteiger partial charge on any atom is 0.573 e. The minimum Gasteiger partial charge on any atom is -0.490 e. The number of carboxylic acids is 1. The Kier molecular flexibility index (Phi) is 8.62. The van der Waals surface area contributed by atoms with Crippen molar-refractivity contribution in [3.8, 4) is 11.5 Å². The lowest BCUT2D eigenvalue weighted by Crippen LogP contribution is -2.41. The summed E-state index contributed by atoms with van der Waals surface area (Å²) in [6.07, 6.45) is -2.12. The Morgan fingerprint density at radius 2 is 1.56 bits per heavy atom. The number of anilines is 1. The van der Waals surface area contributed by atoms with Crippen LogP contribution >= 0.6 is 0 Å². The fourth-order valence-corrected chi connectivity index (χ4v) is 3.78. The van der Waals surface area contributed by atoms with E-state index in [4.69, 9.17) is 9.84 Å². The zero-order valence-corrected chi connectivity index (χ0v) is 19.4. The minimum atomic E-state index is -4.78. The van der Waals surface area contributed by atoms with Crippen LogP contribution in [-0.4, -0.2) is 60.0 Å². The van der Waals surface area contributed by atoms with Crippen molar-refractivity contribution in [2.45, 2.75) is 44.2 Å². The van der Waals surface area contributed by atoms with E-state index in [1.54, 1.807) is 24.3 Å². The first-order valence-electron chi connectivity index (χ1n) is 11.2. The van der Waals surface area contributed by atoms with E-state index in [0.717, 1.165) is 17.0 Å². The van der Waals surface area contributed by atoms with Gasteiger partial charge in [0.1, 0.15) is 18.0 Å². The standard InChI is InChI=1S/C24H26F3N3O6/c1-30(14-21(31)32)22(33)15-2-8-18(9-3-15)35-19-10-4-16(5-11-19)28-23(34)29-17-6-12-20(13-7-17)36-24(25,26)27/h2-3,6-9,12-13,16,19H,4-5,10-11,14H2,1H3,(H,31,32)(H2,28,29,34). The summed E-state index contributed by atoms with van der Waals surface area (Å²) in [7, 11) is 1.41. The first-order valence-corrected chi connectivity index (χ1v) is 11.2. The summed E-state index contributed by atoms with van der Waals surface area (Å²) >= 11 is 0. The Labute approximate surface area is 205 Å². The molecule has 0 aromatic heterocycles. The SMILES string of the molecule is CN(CC(=O)O)C(=O)c1ccc(OC2CCC(NC(=O)Nc3ccc(OC(F)(F)F)cc3)CC2)cc1. The summed E-state index contributed by atoms with van der Waals surface area (Å²) in [5, 5.41) is 14.2. The molecule has 0 heterocycles. The van der Waals surface area contributed by atoms with Crippen LogP contribution in [0.15, 0.2) is 48.5 Å². The lowest BCUT2D eigenvalue weighted by atomic mass is 9.93. The number of carbonyl (C=O) groups is 3. The Bertz CT molecular complexity index is 1050. The molecule has 0 saturated heterocycles. The van der Waals surface area contributed by atoms with E-state index in [2.05, 4.69) is 15.4 Å². The van der Waals surface area contributed by atoms with E-state index >= 15 is 0 Å². The highest BCUT2D eigenvalue weighted by Gasteiger charge is 2.31. The van der Waals surface area contributed by atoms with Crippen molar-refractivity contribution in [1.29, 1.82) is 0 Å². The maximum atomic E-state index is 12.2. The number of hydrogen-bond acceptors (Lipinski definition) is 5. The quantitative estimate of drug-likeness (QED) is 0.490. The molecule has 36 heavy (non-hydrogen) atoms. The van der Waals surface area contributed by atoms with E-state index in [-0.39, 0.29) is 17.9 Å². The zero-order chi connectivity index (χ0) is 26.3. The van der Waals surface area contributed by atoms with Crippen molar-refractivity contribution >= 4 is 23.6 Å². The Morgan fingerprint density at radius 1 is 0.972 bits per heavy atom. The highest BCUT2D eigenvalue weighted by molar-refractivity contribution is 5.95. The van der Waals surface area contributed by atoms with Crippen LogP contribution < -0.4 is 20.1 Å². The number of carboxylic acid groups (broad SMARTS) is 1. The van der Waals surface area contributed by atoms with Gasteiger partial charge in [0.05, 0.1) is 6.10 Å². The molecule has 1 fully saturated rings. The van der Waals surface area contributed by atoms with Crippen molar-refractivity contribution in [1.82, 2.24) is 10.2 Å². The lowest BCUT2D eigenvalue weighted by molar-refractivity contribution is -0.274. The summed E-state index contributed by atoms with van der Waals surface area (Å²) in [5.74, 6) is -1.29. The number of halogens is 3. The molecule has 3 rings (SSSR count). The molecule has 1 saturated carbocycles. The van der Waals surface area contributed by atoms with Gasteiger partial charge in [-0.2, -0.15) is 0 Å². The topological polar surface area (TPSA) is 117 Å². The molecule has 194 valence electrons. The zero-order valence-electron chi connectivity index (χ0n) is 19.4. The number of aliphatic carboxylic acids is 1. The molecule has 9 nitrogen and oxygen atoms in total. The van der Waals surface area contributed by atoms with Crippen LogP contribution in [0.4, 0.5) is 23.7 Å². The molecule has 2 aromatic rings. The summed E-state index contributed by atoms with van der Waals surface area (Å²) in [6, 6.07) is 10.8. The van der Waals surface area contributed by atoms with Gasteiger partial charge in [-0.25, -0.2) is 4.79 Å². The van der Waals surface area contributed by atoms with Crippen LogP contribution in [0.25, 0.3) is 0 Å². The van der Waals surface area contributed by atoms with Gasteiger partial charge >= 0.3 is 18.4 Å². The molecule has 1 aliphatic rings. The van der Waals surface area contributed by atoms with Gasteiger partial charge in [-0.05, 0) is 74.2 Å². The van der Waals surface area contributed by atoms with Gasteiger partial charge in [0.25, 0.3) is 5.91 Å². The predicted octanol–water partition coefficient (Wildman–Crippen LogP) is 4.25. The number of urea groups is 1. The molecule has 12 heteroatoms. The smallest absolute Gasteiger partial charge is 0.490 e. The summed E-state index contributed by atoms with van der Waals surface area (Å²) in [5.41, 5.74) is 0.683.